The predicted molar refractivity (Wildman–Crippen MR) is 86.6 cm³/mol. The second-order valence-electron chi connectivity index (χ2n) is 4.34. The average Bonchev–Trinajstić information content (AvgIpc) is 2.42. The van der Waals surface area contributed by atoms with Gasteiger partial charge in [-0.3, -0.25) is 0 Å². The van der Waals surface area contributed by atoms with Crippen LogP contribution in [-0.4, -0.2) is 13.2 Å². The zero-order chi connectivity index (χ0) is 14.5. The zero-order valence-corrected chi connectivity index (χ0v) is 13.2. The van der Waals surface area contributed by atoms with Crippen LogP contribution in [0, 0.1) is 6.92 Å². The third-order valence-corrected chi connectivity index (χ3v) is 3.73. The van der Waals surface area contributed by atoms with E-state index >= 15 is 0 Å². The molecule has 20 heavy (non-hydrogen) atoms. The summed E-state index contributed by atoms with van der Waals surface area (Å²) in [5, 5.41) is 4.56. The second-order valence-corrected chi connectivity index (χ2v) is 5.56. The maximum absolute atomic E-state index is 6.03. The summed E-state index contributed by atoms with van der Waals surface area (Å²) in [6, 6.07) is 11.4. The molecule has 5 heteroatoms. The van der Waals surface area contributed by atoms with E-state index in [1.807, 2.05) is 12.1 Å². The summed E-state index contributed by atoms with van der Waals surface area (Å²) in [5.74, 6) is 0.534. The smallest absolute Gasteiger partial charge is 0.139 e. The number of halogens is 3. The molecule has 2 aromatic rings. The van der Waals surface area contributed by atoms with Crippen molar-refractivity contribution in [3.63, 3.8) is 0 Å². The van der Waals surface area contributed by atoms with Gasteiger partial charge in [0.2, 0.25) is 0 Å². The topological polar surface area (TPSA) is 21.3 Å². The first-order chi connectivity index (χ1) is 9.56. The molecule has 0 fully saturated rings. The molecule has 0 radical (unpaired) electrons. The fourth-order valence-corrected chi connectivity index (χ4v) is 2.23. The highest BCUT2D eigenvalue weighted by Gasteiger charge is 2.06. The van der Waals surface area contributed by atoms with Gasteiger partial charge in [0, 0.05) is 18.3 Å². The number of rotatable bonds is 5. The van der Waals surface area contributed by atoms with Gasteiger partial charge in [-0.25, -0.2) is 0 Å². The van der Waals surface area contributed by atoms with E-state index in [9.17, 15) is 0 Å². The Labute approximate surface area is 133 Å². The lowest BCUT2D eigenvalue weighted by molar-refractivity contribution is 0.333. The highest BCUT2D eigenvalue weighted by Crippen LogP contribution is 2.33. The first-order valence-corrected chi connectivity index (χ1v) is 7.27. The first-order valence-electron chi connectivity index (χ1n) is 6.14. The summed E-state index contributed by atoms with van der Waals surface area (Å²) in [6.07, 6.45) is 0. The van der Waals surface area contributed by atoms with Crippen LogP contribution >= 0.6 is 34.8 Å². The quantitative estimate of drug-likeness (QED) is 0.581. The van der Waals surface area contributed by atoms with Crippen molar-refractivity contribution < 1.29 is 4.74 Å². The van der Waals surface area contributed by atoms with Crippen LogP contribution in [0.3, 0.4) is 0 Å². The number of benzene rings is 2. The summed E-state index contributed by atoms with van der Waals surface area (Å²) in [7, 11) is 0. The Morgan fingerprint density at radius 1 is 0.950 bits per heavy atom. The van der Waals surface area contributed by atoms with E-state index in [1.165, 1.54) is 5.56 Å². The minimum absolute atomic E-state index is 0.418. The van der Waals surface area contributed by atoms with Gasteiger partial charge >= 0.3 is 0 Å². The van der Waals surface area contributed by atoms with Crippen molar-refractivity contribution in [2.75, 3.05) is 18.5 Å². The number of ether oxygens (including phenoxy) is 1. The van der Waals surface area contributed by atoms with Gasteiger partial charge in [0.15, 0.2) is 0 Å². The van der Waals surface area contributed by atoms with Crippen LogP contribution in [0.25, 0.3) is 0 Å². The molecule has 0 heterocycles. The summed E-state index contributed by atoms with van der Waals surface area (Å²) in [6.45, 7) is 3.20. The fraction of sp³-hybridized carbons (Fsp3) is 0.200. The van der Waals surface area contributed by atoms with Gasteiger partial charge in [-0.05, 0) is 25.1 Å². The van der Waals surface area contributed by atoms with Gasteiger partial charge in [0.25, 0.3) is 0 Å². The number of hydrogen-bond acceptors (Lipinski definition) is 2. The lowest BCUT2D eigenvalue weighted by atomic mass is 10.2. The van der Waals surface area contributed by atoms with Crippen molar-refractivity contribution in [3.05, 3.63) is 57.0 Å². The summed E-state index contributed by atoms with van der Waals surface area (Å²) >= 11 is 17.8. The Hall–Kier alpha value is -1.09. The third-order valence-electron chi connectivity index (χ3n) is 2.72. The van der Waals surface area contributed by atoms with E-state index in [0.29, 0.717) is 34.0 Å². The number of anilines is 1. The Morgan fingerprint density at radius 2 is 1.60 bits per heavy atom. The summed E-state index contributed by atoms with van der Waals surface area (Å²) in [5.41, 5.74) is 2.29. The molecule has 0 saturated carbocycles. The standard InChI is InChI=1S/C15H14Cl3NO/c1-10-2-4-11(5-3-10)19-6-7-20-15-9-13(17)12(16)8-14(15)18/h2-5,8-9,19H,6-7H2,1H3. The van der Waals surface area contributed by atoms with E-state index in [0.717, 1.165) is 5.69 Å². The van der Waals surface area contributed by atoms with Gasteiger partial charge in [-0.2, -0.15) is 0 Å². The molecule has 2 rings (SSSR count). The van der Waals surface area contributed by atoms with Crippen molar-refractivity contribution in [2.45, 2.75) is 6.92 Å². The maximum Gasteiger partial charge on any atom is 0.139 e. The molecule has 0 atom stereocenters. The third kappa shape index (κ3) is 4.20. The second kappa shape index (κ2) is 7.07. The maximum atomic E-state index is 6.03. The minimum atomic E-state index is 0.418. The first kappa shape index (κ1) is 15.3. The number of aryl methyl sites for hydroxylation is 1. The van der Waals surface area contributed by atoms with Gasteiger partial charge in [-0.15, -0.1) is 0 Å². The van der Waals surface area contributed by atoms with E-state index in [-0.39, 0.29) is 0 Å². The molecule has 0 amide bonds. The lowest BCUT2D eigenvalue weighted by Gasteiger charge is -2.11. The SMILES string of the molecule is Cc1ccc(NCCOc2cc(Cl)c(Cl)cc2Cl)cc1. The summed E-state index contributed by atoms with van der Waals surface area (Å²) in [4.78, 5) is 0. The zero-order valence-electron chi connectivity index (χ0n) is 10.9. The molecule has 0 aliphatic heterocycles. The Kier molecular flexibility index (Phi) is 5.41. The molecule has 0 spiro atoms. The molecule has 2 nitrogen and oxygen atoms in total. The van der Waals surface area contributed by atoms with Crippen molar-refractivity contribution >= 4 is 40.5 Å². The highest BCUT2D eigenvalue weighted by molar-refractivity contribution is 6.43. The van der Waals surface area contributed by atoms with Crippen LogP contribution in [0.1, 0.15) is 5.56 Å². The van der Waals surface area contributed by atoms with E-state index in [2.05, 4.69) is 24.4 Å². The molecule has 0 aliphatic carbocycles. The molecule has 1 N–H and O–H groups in total. The van der Waals surface area contributed by atoms with Crippen LogP contribution in [0.15, 0.2) is 36.4 Å². The summed E-state index contributed by atoms with van der Waals surface area (Å²) < 4.78 is 5.58. The van der Waals surface area contributed by atoms with Crippen LogP contribution in [0.2, 0.25) is 15.1 Å². The van der Waals surface area contributed by atoms with Crippen molar-refractivity contribution in [1.29, 1.82) is 0 Å². The van der Waals surface area contributed by atoms with Gasteiger partial charge in [0.05, 0.1) is 15.1 Å². The predicted octanol–water partition coefficient (Wildman–Crippen LogP) is 5.45. The van der Waals surface area contributed by atoms with E-state index < -0.39 is 0 Å². The van der Waals surface area contributed by atoms with Crippen LogP contribution in [-0.2, 0) is 0 Å². The Balaban J connectivity index is 1.84. The largest absolute Gasteiger partial charge is 0.490 e. The Bertz CT molecular complexity index is 584. The van der Waals surface area contributed by atoms with Crippen LogP contribution in [0.5, 0.6) is 5.75 Å². The van der Waals surface area contributed by atoms with Crippen molar-refractivity contribution in [2.24, 2.45) is 0 Å². The number of nitrogens with one attached hydrogen (secondary N) is 1. The lowest BCUT2D eigenvalue weighted by Crippen LogP contribution is -2.11. The van der Waals surface area contributed by atoms with Gasteiger partial charge in [-0.1, -0.05) is 52.5 Å². The fourth-order valence-electron chi connectivity index (χ4n) is 1.64. The van der Waals surface area contributed by atoms with Crippen LogP contribution in [0.4, 0.5) is 5.69 Å². The molecule has 0 aliphatic rings. The van der Waals surface area contributed by atoms with E-state index in [1.54, 1.807) is 12.1 Å². The van der Waals surface area contributed by atoms with Gasteiger partial charge < -0.3 is 10.1 Å². The molecule has 0 unspecified atom stereocenters. The average molecular weight is 331 g/mol. The normalized spacial score (nSPS) is 10.4. The molecule has 0 saturated heterocycles. The molecular weight excluding hydrogens is 317 g/mol. The van der Waals surface area contributed by atoms with Crippen LogP contribution < -0.4 is 10.1 Å². The Morgan fingerprint density at radius 3 is 2.30 bits per heavy atom. The molecule has 2 aromatic carbocycles. The minimum Gasteiger partial charge on any atom is -0.490 e. The monoisotopic (exact) mass is 329 g/mol. The van der Waals surface area contributed by atoms with E-state index in [4.69, 9.17) is 39.5 Å². The molecule has 0 bridgehead atoms. The van der Waals surface area contributed by atoms with Crippen molar-refractivity contribution in [1.82, 2.24) is 0 Å². The van der Waals surface area contributed by atoms with Gasteiger partial charge in [0.1, 0.15) is 12.4 Å². The molecular formula is C15H14Cl3NO. The highest BCUT2D eigenvalue weighted by atomic mass is 35.5. The van der Waals surface area contributed by atoms with Crippen molar-refractivity contribution in [3.8, 4) is 5.75 Å². The molecule has 0 aromatic heterocycles. The molecule has 106 valence electrons. The number of hydrogen-bond donors (Lipinski definition) is 1.